The number of nitrogens with two attached hydrogens (primary N) is 1. The van der Waals surface area contributed by atoms with E-state index in [0.29, 0.717) is 12.0 Å². The van der Waals surface area contributed by atoms with Crippen LogP contribution < -0.4 is 10.5 Å². The first kappa shape index (κ1) is 8.57. The number of methoxy groups -OCH3 is 1. The number of benzene rings is 1. The van der Waals surface area contributed by atoms with Crippen LogP contribution in [-0.4, -0.2) is 13.2 Å². The quantitative estimate of drug-likeness (QED) is 0.760. The lowest BCUT2D eigenvalue weighted by atomic mass is 10.1. The Morgan fingerprint density at radius 1 is 1.54 bits per heavy atom. The van der Waals surface area contributed by atoms with Crippen molar-refractivity contribution in [1.82, 2.24) is 0 Å². The van der Waals surface area contributed by atoms with E-state index >= 15 is 0 Å². The summed E-state index contributed by atoms with van der Waals surface area (Å²) in [6.07, 6.45) is 2.27. The predicted molar refractivity (Wildman–Crippen MR) is 52.8 cm³/mol. The summed E-state index contributed by atoms with van der Waals surface area (Å²) in [6, 6.07) is 8.66. The van der Waals surface area contributed by atoms with Crippen molar-refractivity contribution in [2.45, 2.75) is 18.9 Å². The Morgan fingerprint density at radius 2 is 2.31 bits per heavy atom. The number of hydrogen-bond donors (Lipinski definition) is 1. The summed E-state index contributed by atoms with van der Waals surface area (Å²) in [5.41, 5.74) is 7.08. The van der Waals surface area contributed by atoms with E-state index in [1.807, 2.05) is 12.1 Å². The third kappa shape index (κ3) is 2.01. The lowest BCUT2D eigenvalue weighted by molar-refractivity contribution is 0.414. The lowest BCUT2D eigenvalue weighted by Gasteiger charge is -2.03. The highest BCUT2D eigenvalue weighted by atomic mass is 16.5. The molecule has 0 aromatic heterocycles. The van der Waals surface area contributed by atoms with Gasteiger partial charge in [0.25, 0.3) is 0 Å². The minimum absolute atomic E-state index is 0.436. The van der Waals surface area contributed by atoms with Gasteiger partial charge in [-0.15, -0.1) is 0 Å². The van der Waals surface area contributed by atoms with Crippen molar-refractivity contribution in [3.63, 3.8) is 0 Å². The molecule has 2 atom stereocenters. The van der Waals surface area contributed by atoms with Crippen molar-refractivity contribution in [2.75, 3.05) is 7.11 Å². The molecule has 1 aromatic rings. The first-order chi connectivity index (χ1) is 6.29. The van der Waals surface area contributed by atoms with Gasteiger partial charge in [-0.1, -0.05) is 12.1 Å². The second-order valence-electron chi connectivity index (χ2n) is 3.72. The molecule has 0 spiro atoms. The van der Waals surface area contributed by atoms with Gasteiger partial charge in [-0.05, 0) is 36.5 Å². The van der Waals surface area contributed by atoms with Crippen LogP contribution in [0.15, 0.2) is 24.3 Å². The van der Waals surface area contributed by atoms with Gasteiger partial charge in [0.1, 0.15) is 5.75 Å². The Hall–Kier alpha value is -1.02. The van der Waals surface area contributed by atoms with Crippen molar-refractivity contribution in [1.29, 1.82) is 0 Å². The zero-order valence-electron chi connectivity index (χ0n) is 7.86. The van der Waals surface area contributed by atoms with Crippen LogP contribution in [0.5, 0.6) is 5.75 Å². The van der Waals surface area contributed by atoms with E-state index in [9.17, 15) is 0 Å². The van der Waals surface area contributed by atoms with Crippen LogP contribution in [0.1, 0.15) is 12.0 Å². The summed E-state index contributed by atoms with van der Waals surface area (Å²) in [4.78, 5) is 0. The molecule has 1 aromatic carbocycles. The molecule has 0 amide bonds. The largest absolute Gasteiger partial charge is 0.497 e. The highest BCUT2D eigenvalue weighted by Crippen LogP contribution is 2.32. The predicted octanol–water partition coefficient (Wildman–Crippen LogP) is 1.58. The van der Waals surface area contributed by atoms with Gasteiger partial charge in [-0.2, -0.15) is 0 Å². The smallest absolute Gasteiger partial charge is 0.119 e. The van der Waals surface area contributed by atoms with Crippen LogP contribution in [0.3, 0.4) is 0 Å². The molecule has 1 aliphatic rings. The average Bonchev–Trinajstić information content (AvgIpc) is 2.82. The van der Waals surface area contributed by atoms with Crippen LogP contribution in [0.25, 0.3) is 0 Å². The Kier molecular flexibility index (Phi) is 2.23. The fraction of sp³-hybridized carbons (Fsp3) is 0.455. The molecule has 13 heavy (non-hydrogen) atoms. The van der Waals surface area contributed by atoms with E-state index < -0.39 is 0 Å². The highest BCUT2D eigenvalue weighted by Gasteiger charge is 2.32. The summed E-state index contributed by atoms with van der Waals surface area (Å²) in [6.45, 7) is 0. The third-order valence-corrected chi connectivity index (χ3v) is 2.61. The second-order valence-corrected chi connectivity index (χ2v) is 3.72. The molecule has 70 valence electrons. The summed E-state index contributed by atoms with van der Waals surface area (Å²) in [5, 5.41) is 0. The summed E-state index contributed by atoms with van der Waals surface area (Å²) in [7, 11) is 1.70. The number of rotatable bonds is 3. The molecule has 0 bridgehead atoms. The Morgan fingerprint density at radius 3 is 2.92 bits per heavy atom. The van der Waals surface area contributed by atoms with Crippen LogP contribution in [-0.2, 0) is 6.42 Å². The second kappa shape index (κ2) is 3.38. The Bertz CT molecular complexity index is 298. The van der Waals surface area contributed by atoms with Gasteiger partial charge in [0.05, 0.1) is 7.11 Å². The molecule has 2 nitrogen and oxygen atoms in total. The monoisotopic (exact) mass is 177 g/mol. The van der Waals surface area contributed by atoms with Gasteiger partial charge in [-0.25, -0.2) is 0 Å². The molecule has 2 heteroatoms. The first-order valence-electron chi connectivity index (χ1n) is 4.68. The first-order valence-corrected chi connectivity index (χ1v) is 4.68. The van der Waals surface area contributed by atoms with Gasteiger partial charge in [-0.3, -0.25) is 0 Å². The van der Waals surface area contributed by atoms with Crippen molar-refractivity contribution in [2.24, 2.45) is 11.7 Å². The van der Waals surface area contributed by atoms with Crippen LogP contribution >= 0.6 is 0 Å². The minimum atomic E-state index is 0.436. The van der Waals surface area contributed by atoms with Gasteiger partial charge in [0.2, 0.25) is 0 Å². The van der Waals surface area contributed by atoms with Gasteiger partial charge in [0, 0.05) is 6.04 Å². The molecule has 0 radical (unpaired) electrons. The molecule has 2 unspecified atom stereocenters. The van der Waals surface area contributed by atoms with Crippen molar-refractivity contribution < 1.29 is 4.74 Å². The van der Waals surface area contributed by atoms with Crippen molar-refractivity contribution in [3.05, 3.63) is 29.8 Å². The fourth-order valence-electron chi connectivity index (χ4n) is 1.61. The van der Waals surface area contributed by atoms with E-state index in [4.69, 9.17) is 10.5 Å². The maximum Gasteiger partial charge on any atom is 0.119 e. The Labute approximate surface area is 78.7 Å². The standard InChI is InChI=1S/C11H15NO/c1-13-10-4-2-3-8(6-10)5-9-7-11(9)12/h2-4,6,9,11H,5,7,12H2,1H3. The average molecular weight is 177 g/mol. The third-order valence-electron chi connectivity index (χ3n) is 2.61. The molecule has 2 rings (SSSR count). The molecule has 1 aliphatic carbocycles. The number of hydrogen-bond acceptors (Lipinski definition) is 2. The van der Waals surface area contributed by atoms with E-state index in [1.54, 1.807) is 7.11 Å². The van der Waals surface area contributed by atoms with Crippen molar-refractivity contribution in [3.8, 4) is 5.75 Å². The highest BCUT2D eigenvalue weighted by molar-refractivity contribution is 5.29. The Balaban J connectivity index is 2.03. The van der Waals surface area contributed by atoms with E-state index in [2.05, 4.69) is 12.1 Å². The minimum Gasteiger partial charge on any atom is -0.497 e. The molecule has 0 saturated heterocycles. The molecule has 0 aliphatic heterocycles. The summed E-state index contributed by atoms with van der Waals surface area (Å²) >= 11 is 0. The van der Waals surface area contributed by atoms with Gasteiger partial charge >= 0.3 is 0 Å². The maximum atomic E-state index is 5.75. The zero-order valence-corrected chi connectivity index (χ0v) is 7.86. The van der Waals surface area contributed by atoms with Gasteiger partial charge in [0.15, 0.2) is 0 Å². The van der Waals surface area contributed by atoms with Crippen LogP contribution in [0, 0.1) is 5.92 Å². The van der Waals surface area contributed by atoms with E-state index in [-0.39, 0.29) is 0 Å². The molecule has 2 N–H and O–H groups in total. The fourth-order valence-corrected chi connectivity index (χ4v) is 1.61. The summed E-state index contributed by atoms with van der Waals surface area (Å²) < 4.78 is 5.15. The normalized spacial score (nSPS) is 25.7. The van der Waals surface area contributed by atoms with Crippen LogP contribution in [0.2, 0.25) is 0 Å². The molecule has 0 heterocycles. The lowest BCUT2D eigenvalue weighted by Crippen LogP contribution is -2.03. The zero-order chi connectivity index (χ0) is 9.26. The van der Waals surface area contributed by atoms with E-state index in [1.165, 1.54) is 12.0 Å². The maximum absolute atomic E-state index is 5.75. The topological polar surface area (TPSA) is 35.2 Å². The van der Waals surface area contributed by atoms with Gasteiger partial charge < -0.3 is 10.5 Å². The number of ether oxygens (including phenoxy) is 1. The van der Waals surface area contributed by atoms with Crippen LogP contribution in [0.4, 0.5) is 0 Å². The molecule has 1 saturated carbocycles. The molecule has 1 fully saturated rings. The van der Waals surface area contributed by atoms with Crippen molar-refractivity contribution >= 4 is 0 Å². The SMILES string of the molecule is COc1cccc(CC2CC2N)c1. The van der Waals surface area contributed by atoms with E-state index in [0.717, 1.165) is 12.2 Å². The molecular formula is C11H15NO. The molecular weight excluding hydrogens is 162 g/mol. The summed E-state index contributed by atoms with van der Waals surface area (Å²) in [5.74, 6) is 1.64.